The Hall–Kier alpha value is -2.64. The maximum atomic E-state index is 3.91. The molecule has 292 valence electrons. The molecule has 0 atom stereocenters. The van der Waals surface area contributed by atoms with Crippen LogP contribution in [0.15, 0.2) is 89.4 Å². The molecular formula is C53H73Br. The van der Waals surface area contributed by atoms with E-state index >= 15 is 0 Å². The van der Waals surface area contributed by atoms with Crippen LogP contribution in [0, 0.1) is 0 Å². The Balaban J connectivity index is 1.33. The summed E-state index contributed by atoms with van der Waals surface area (Å²) in [6.45, 7) is 6.93. The summed E-state index contributed by atoms with van der Waals surface area (Å²) in [6.07, 6.45) is 33.8. The first kappa shape index (κ1) is 42.5. The van der Waals surface area contributed by atoms with Crippen molar-refractivity contribution in [2.75, 3.05) is 0 Å². The molecule has 0 heterocycles. The molecule has 0 amide bonds. The Bertz CT molecular complexity index is 1610. The summed E-state index contributed by atoms with van der Waals surface area (Å²) in [5.74, 6) is 0. The maximum Gasteiger partial charge on any atom is 0.0215 e. The summed E-state index contributed by atoms with van der Waals surface area (Å²) < 4.78 is 1.22. The van der Waals surface area contributed by atoms with Crippen molar-refractivity contribution in [3.63, 3.8) is 0 Å². The second-order valence-corrected chi connectivity index (χ2v) is 17.7. The lowest BCUT2D eigenvalue weighted by Crippen LogP contribution is -2.25. The van der Waals surface area contributed by atoms with E-state index in [0.29, 0.717) is 0 Å². The molecule has 0 bridgehead atoms. The van der Waals surface area contributed by atoms with Gasteiger partial charge >= 0.3 is 0 Å². The van der Waals surface area contributed by atoms with Crippen molar-refractivity contribution in [3.05, 3.63) is 106 Å². The molecule has 0 aliphatic heterocycles. The predicted octanol–water partition coefficient (Wildman–Crippen LogP) is 18.0. The van der Waals surface area contributed by atoms with E-state index in [4.69, 9.17) is 0 Å². The Kier molecular flexibility index (Phi) is 18.4. The van der Waals surface area contributed by atoms with Gasteiger partial charge in [0, 0.05) is 9.89 Å². The first-order valence-electron chi connectivity index (χ1n) is 22.7. The normalized spacial score (nSPS) is 13.0. The van der Waals surface area contributed by atoms with Gasteiger partial charge in [0.25, 0.3) is 0 Å². The molecule has 1 aliphatic carbocycles. The highest BCUT2D eigenvalue weighted by Crippen LogP contribution is 2.55. The van der Waals surface area contributed by atoms with Crippen molar-refractivity contribution >= 4 is 15.9 Å². The van der Waals surface area contributed by atoms with Gasteiger partial charge in [0.15, 0.2) is 0 Å². The van der Waals surface area contributed by atoms with Gasteiger partial charge in [-0.15, -0.1) is 0 Å². The lowest BCUT2D eigenvalue weighted by molar-refractivity contribution is 0.397. The number of unbranched alkanes of at least 4 members (excludes halogenated alkanes) is 19. The number of rotatable bonds is 27. The first-order chi connectivity index (χ1) is 26.6. The number of fused-ring (bicyclic) bond motifs is 3. The minimum atomic E-state index is 0.0894. The zero-order valence-corrected chi connectivity index (χ0v) is 36.2. The molecule has 0 spiro atoms. The molecule has 4 aromatic carbocycles. The summed E-state index contributed by atoms with van der Waals surface area (Å²) in [5.41, 5.74) is 13.0. The molecule has 0 saturated heterocycles. The van der Waals surface area contributed by atoms with Crippen LogP contribution in [-0.2, 0) is 11.8 Å². The van der Waals surface area contributed by atoms with Gasteiger partial charge in [0.2, 0.25) is 0 Å². The van der Waals surface area contributed by atoms with Gasteiger partial charge in [0.05, 0.1) is 0 Å². The molecule has 0 N–H and O–H groups in total. The van der Waals surface area contributed by atoms with Crippen molar-refractivity contribution in [1.82, 2.24) is 0 Å². The minimum Gasteiger partial charge on any atom is -0.0654 e. The summed E-state index contributed by atoms with van der Waals surface area (Å²) in [7, 11) is 0. The van der Waals surface area contributed by atoms with Crippen LogP contribution in [0.3, 0.4) is 0 Å². The Labute approximate surface area is 340 Å². The Morgan fingerprint density at radius 2 is 0.741 bits per heavy atom. The van der Waals surface area contributed by atoms with Crippen LogP contribution in [0.1, 0.15) is 192 Å². The molecule has 0 nitrogen and oxygen atoms in total. The van der Waals surface area contributed by atoms with Gasteiger partial charge < -0.3 is 0 Å². The lowest BCUT2D eigenvalue weighted by atomic mass is 9.70. The third kappa shape index (κ3) is 12.2. The van der Waals surface area contributed by atoms with Gasteiger partial charge in [-0.2, -0.15) is 0 Å². The number of hydrogen-bond acceptors (Lipinski definition) is 0. The Morgan fingerprint density at radius 3 is 1.24 bits per heavy atom. The monoisotopic (exact) mass is 788 g/mol. The van der Waals surface area contributed by atoms with Crippen molar-refractivity contribution in [1.29, 1.82) is 0 Å². The van der Waals surface area contributed by atoms with Crippen molar-refractivity contribution in [2.24, 2.45) is 0 Å². The molecule has 4 aromatic rings. The zero-order valence-electron chi connectivity index (χ0n) is 34.6. The molecule has 0 radical (unpaired) electrons. The van der Waals surface area contributed by atoms with Gasteiger partial charge in [0.1, 0.15) is 0 Å². The number of aryl methyl sites for hydroxylation is 1. The van der Waals surface area contributed by atoms with Crippen LogP contribution in [0.25, 0.3) is 33.4 Å². The third-order valence-corrected chi connectivity index (χ3v) is 13.1. The Morgan fingerprint density at radius 1 is 0.370 bits per heavy atom. The molecule has 5 rings (SSSR count). The molecule has 54 heavy (non-hydrogen) atoms. The zero-order chi connectivity index (χ0) is 37.9. The number of hydrogen-bond donors (Lipinski definition) is 0. The van der Waals surface area contributed by atoms with E-state index in [1.165, 1.54) is 204 Å². The van der Waals surface area contributed by atoms with Crippen LogP contribution in [0.2, 0.25) is 0 Å². The third-order valence-electron chi connectivity index (χ3n) is 12.6. The highest BCUT2D eigenvalue weighted by Gasteiger charge is 2.42. The summed E-state index contributed by atoms with van der Waals surface area (Å²) in [4.78, 5) is 0. The predicted molar refractivity (Wildman–Crippen MR) is 243 cm³/mol. The second-order valence-electron chi connectivity index (χ2n) is 16.8. The van der Waals surface area contributed by atoms with E-state index < -0.39 is 0 Å². The van der Waals surface area contributed by atoms with Gasteiger partial charge in [-0.1, -0.05) is 238 Å². The molecule has 0 fully saturated rings. The SMILES string of the molecule is CCCCCCCCCCC1(CCCCCCCCCC)c2cc(Br)ccc2-c2ccc(-c3ccc(-c4ccc(CCCCCCCC)cc4)cc3)cc21. The highest BCUT2D eigenvalue weighted by atomic mass is 79.9. The molecular weight excluding hydrogens is 716 g/mol. The van der Waals surface area contributed by atoms with E-state index in [1.54, 1.807) is 11.1 Å². The fraction of sp³-hybridized carbons (Fsp3) is 0.547. The van der Waals surface area contributed by atoms with Gasteiger partial charge in [-0.25, -0.2) is 0 Å². The van der Waals surface area contributed by atoms with E-state index in [0.717, 1.165) is 0 Å². The standard InChI is InChI=1S/C53H73Br/c1-4-7-10-13-16-18-21-24-39-53(40-25-22-19-17-14-11-8-5-2)51-41-47(35-37-49(51)50-38-36-48(54)42-52(50)53)46-33-31-45(32-34-46)44-29-27-43(28-30-44)26-23-20-15-12-9-6-3/h27-38,41-42H,4-26,39-40H2,1-3H3. The lowest BCUT2D eigenvalue weighted by Gasteiger charge is -2.33. The number of benzene rings is 4. The quantitative estimate of drug-likeness (QED) is 0.0528. The molecule has 0 saturated carbocycles. The van der Waals surface area contributed by atoms with Crippen molar-refractivity contribution in [2.45, 2.75) is 187 Å². The largest absolute Gasteiger partial charge is 0.0654 e. The average Bonchev–Trinajstić information content (AvgIpc) is 3.46. The van der Waals surface area contributed by atoms with E-state index in [1.807, 2.05) is 0 Å². The fourth-order valence-electron chi connectivity index (χ4n) is 9.26. The van der Waals surface area contributed by atoms with Gasteiger partial charge in [-0.05, 0) is 94.0 Å². The van der Waals surface area contributed by atoms with Crippen molar-refractivity contribution in [3.8, 4) is 33.4 Å². The summed E-state index contributed by atoms with van der Waals surface area (Å²) in [6, 6.07) is 33.4. The molecule has 1 aliphatic rings. The van der Waals surface area contributed by atoms with Crippen LogP contribution >= 0.6 is 15.9 Å². The highest BCUT2D eigenvalue weighted by molar-refractivity contribution is 9.10. The van der Waals surface area contributed by atoms with Crippen LogP contribution in [-0.4, -0.2) is 0 Å². The number of halogens is 1. The van der Waals surface area contributed by atoms with E-state index in [2.05, 4.69) is 122 Å². The summed E-state index contributed by atoms with van der Waals surface area (Å²) >= 11 is 3.91. The van der Waals surface area contributed by atoms with Crippen LogP contribution in [0.5, 0.6) is 0 Å². The first-order valence-corrected chi connectivity index (χ1v) is 23.5. The van der Waals surface area contributed by atoms with E-state index in [-0.39, 0.29) is 5.41 Å². The molecule has 0 unspecified atom stereocenters. The second kappa shape index (κ2) is 23.4. The van der Waals surface area contributed by atoms with Crippen LogP contribution < -0.4 is 0 Å². The molecule has 0 aromatic heterocycles. The van der Waals surface area contributed by atoms with E-state index in [9.17, 15) is 0 Å². The van der Waals surface area contributed by atoms with Crippen molar-refractivity contribution < 1.29 is 0 Å². The molecule has 1 heteroatoms. The van der Waals surface area contributed by atoms with Crippen LogP contribution in [0.4, 0.5) is 0 Å². The topological polar surface area (TPSA) is 0 Å². The van der Waals surface area contributed by atoms with Gasteiger partial charge in [-0.3, -0.25) is 0 Å². The average molecular weight is 790 g/mol. The maximum absolute atomic E-state index is 3.91. The smallest absolute Gasteiger partial charge is 0.0215 e. The fourth-order valence-corrected chi connectivity index (χ4v) is 9.62. The summed E-state index contributed by atoms with van der Waals surface area (Å²) in [5, 5.41) is 0. The minimum absolute atomic E-state index is 0.0894.